The molecular formula is C27H52O2. The van der Waals surface area contributed by atoms with Gasteiger partial charge >= 0.3 is 5.97 Å². The van der Waals surface area contributed by atoms with E-state index in [1.807, 2.05) is 13.8 Å². The summed E-state index contributed by atoms with van der Waals surface area (Å²) in [7, 11) is 0. The third kappa shape index (κ3) is 13.2. The predicted octanol–water partition coefficient (Wildman–Crippen LogP) is 9.03. The molecule has 0 aliphatic carbocycles. The van der Waals surface area contributed by atoms with Gasteiger partial charge in [-0.25, -0.2) is 0 Å². The van der Waals surface area contributed by atoms with Crippen molar-refractivity contribution in [3.63, 3.8) is 0 Å². The molecule has 0 aromatic carbocycles. The van der Waals surface area contributed by atoms with E-state index in [0.717, 1.165) is 25.7 Å². The first-order valence-electron chi connectivity index (χ1n) is 12.8. The number of hydrogen-bond donors (Lipinski definition) is 0. The van der Waals surface area contributed by atoms with Gasteiger partial charge in [-0.2, -0.15) is 0 Å². The number of rotatable bonds is 19. The van der Waals surface area contributed by atoms with Crippen LogP contribution in [-0.2, 0) is 9.53 Å². The Hall–Kier alpha value is -0.790. The molecule has 0 spiro atoms. The first-order valence-corrected chi connectivity index (χ1v) is 12.8. The first kappa shape index (κ1) is 28.2. The molecule has 0 bridgehead atoms. The molecule has 29 heavy (non-hydrogen) atoms. The van der Waals surface area contributed by atoms with Crippen molar-refractivity contribution in [1.82, 2.24) is 0 Å². The second-order valence-corrected chi connectivity index (χ2v) is 9.50. The Kier molecular flexibility index (Phi) is 17.5. The van der Waals surface area contributed by atoms with E-state index < -0.39 is 0 Å². The summed E-state index contributed by atoms with van der Waals surface area (Å²) in [5.74, 6) is 0.362. The molecule has 0 saturated carbocycles. The second kappa shape index (κ2) is 18.0. The molecule has 0 amide bonds. The van der Waals surface area contributed by atoms with E-state index in [0.29, 0.717) is 5.92 Å². The van der Waals surface area contributed by atoms with Gasteiger partial charge in [0, 0.05) is 0 Å². The number of hydrogen-bond acceptors (Lipinski definition) is 2. The van der Waals surface area contributed by atoms with Gasteiger partial charge in [-0.3, -0.25) is 4.79 Å². The number of esters is 1. The number of unbranched alkanes of at least 4 members (excludes halogenated alkanes) is 10. The fraction of sp³-hybridized carbons (Fsp3) is 0.889. The molecule has 0 fully saturated rings. The fourth-order valence-corrected chi connectivity index (χ4v) is 4.25. The molecule has 0 aliphatic rings. The minimum Gasteiger partial charge on any atom is -0.463 e. The van der Waals surface area contributed by atoms with Crippen molar-refractivity contribution in [2.24, 2.45) is 11.3 Å². The fourth-order valence-electron chi connectivity index (χ4n) is 4.25. The second-order valence-electron chi connectivity index (χ2n) is 9.50. The van der Waals surface area contributed by atoms with Crippen LogP contribution in [0.5, 0.6) is 0 Å². The molecule has 0 rings (SSSR count). The molecular weight excluding hydrogens is 356 g/mol. The third-order valence-electron chi connectivity index (χ3n) is 6.19. The van der Waals surface area contributed by atoms with Gasteiger partial charge < -0.3 is 4.74 Å². The molecule has 0 aromatic heterocycles. The summed E-state index contributed by atoms with van der Waals surface area (Å²) in [6, 6.07) is 0. The van der Waals surface area contributed by atoms with Crippen LogP contribution in [0, 0.1) is 11.3 Å². The third-order valence-corrected chi connectivity index (χ3v) is 6.19. The quantitative estimate of drug-likeness (QED) is 0.121. The van der Waals surface area contributed by atoms with Crippen molar-refractivity contribution >= 4 is 5.97 Å². The van der Waals surface area contributed by atoms with E-state index in [-0.39, 0.29) is 17.5 Å². The minimum atomic E-state index is -0.296. The van der Waals surface area contributed by atoms with Crippen LogP contribution in [0.15, 0.2) is 12.2 Å². The van der Waals surface area contributed by atoms with Crippen LogP contribution in [0.4, 0.5) is 0 Å². The van der Waals surface area contributed by atoms with Crippen molar-refractivity contribution in [2.75, 3.05) is 0 Å². The molecule has 0 saturated heterocycles. The van der Waals surface area contributed by atoms with Gasteiger partial charge in [0.05, 0.1) is 11.5 Å². The Morgan fingerprint density at radius 1 is 0.724 bits per heavy atom. The molecule has 0 aliphatic heterocycles. The van der Waals surface area contributed by atoms with Crippen LogP contribution >= 0.6 is 0 Å². The average Bonchev–Trinajstić information content (AvgIpc) is 2.66. The maximum absolute atomic E-state index is 12.8. The van der Waals surface area contributed by atoms with E-state index in [1.54, 1.807) is 0 Å². The van der Waals surface area contributed by atoms with Gasteiger partial charge in [0.1, 0.15) is 0 Å². The van der Waals surface area contributed by atoms with Gasteiger partial charge in [0.15, 0.2) is 0 Å². The monoisotopic (exact) mass is 408 g/mol. The highest BCUT2D eigenvalue weighted by Crippen LogP contribution is 2.40. The molecule has 1 unspecified atom stereocenters. The Bertz CT molecular complexity index is 411. The summed E-state index contributed by atoms with van der Waals surface area (Å²) in [4.78, 5) is 12.8. The summed E-state index contributed by atoms with van der Waals surface area (Å²) < 4.78 is 5.65. The average molecular weight is 409 g/mol. The Morgan fingerprint density at radius 3 is 1.72 bits per heavy atom. The largest absolute Gasteiger partial charge is 0.463 e. The zero-order valence-corrected chi connectivity index (χ0v) is 20.7. The predicted molar refractivity (Wildman–Crippen MR) is 128 cm³/mol. The zero-order valence-electron chi connectivity index (χ0n) is 20.7. The summed E-state index contributed by atoms with van der Waals surface area (Å²) in [5.41, 5.74) is -0.296. The van der Waals surface area contributed by atoms with Crippen LogP contribution in [0.3, 0.4) is 0 Å². The maximum atomic E-state index is 12.8. The molecule has 0 N–H and O–H groups in total. The number of ether oxygens (including phenoxy) is 1. The normalized spacial score (nSPS) is 14.1. The molecule has 1 atom stereocenters. The highest BCUT2D eigenvalue weighted by molar-refractivity contribution is 5.77. The van der Waals surface area contributed by atoms with Gasteiger partial charge in [-0.05, 0) is 58.3 Å². The number of carbonyl (C=O) groups excluding carboxylic acids is 1. The van der Waals surface area contributed by atoms with Crippen LogP contribution in [0.1, 0.15) is 138 Å². The van der Waals surface area contributed by atoms with Gasteiger partial charge in [-0.15, -0.1) is 0 Å². The Morgan fingerprint density at radius 2 is 1.24 bits per heavy atom. The lowest BCUT2D eigenvalue weighted by molar-refractivity contribution is -0.164. The first-order chi connectivity index (χ1) is 13.9. The SMILES string of the molecule is CCCCCCCCC=CCCCCCCC(CCC)(C(=O)OC(C)C)C(C)C. The van der Waals surface area contributed by atoms with Gasteiger partial charge in [-0.1, -0.05) is 97.6 Å². The molecule has 0 heterocycles. The van der Waals surface area contributed by atoms with Crippen molar-refractivity contribution in [3.8, 4) is 0 Å². The standard InChI is InChI=1S/C27H52O2/c1-7-9-10-11-12-13-14-15-16-17-18-19-20-21-23-27(22-8-2,24(3)4)26(28)29-25(5)6/h15-16,24-25H,7-14,17-23H2,1-6H3. The smallest absolute Gasteiger partial charge is 0.312 e. The summed E-state index contributed by atoms with van der Waals surface area (Å²) in [5, 5.41) is 0. The van der Waals surface area contributed by atoms with E-state index in [4.69, 9.17) is 4.74 Å². The van der Waals surface area contributed by atoms with E-state index in [2.05, 4.69) is 39.8 Å². The highest BCUT2D eigenvalue weighted by atomic mass is 16.5. The van der Waals surface area contributed by atoms with E-state index in [9.17, 15) is 4.79 Å². The van der Waals surface area contributed by atoms with Crippen molar-refractivity contribution in [1.29, 1.82) is 0 Å². The lowest BCUT2D eigenvalue weighted by Gasteiger charge is -2.36. The topological polar surface area (TPSA) is 26.3 Å². The minimum absolute atomic E-state index is 0.0272. The molecule has 172 valence electrons. The van der Waals surface area contributed by atoms with Gasteiger partial charge in [0.2, 0.25) is 0 Å². The van der Waals surface area contributed by atoms with Crippen molar-refractivity contribution < 1.29 is 9.53 Å². The summed E-state index contributed by atoms with van der Waals surface area (Å²) in [6.07, 6.45) is 23.3. The lowest BCUT2D eigenvalue weighted by Crippen LogP contribution is -2.39. The number of allylic oxidation sites excluding steroid dienone is 2. The van der Waals surface area contributed by atoms with Crippen LogP contribution < -0.4 is 0 Å². The Balaban J connectivity index is 4.03. The van der Waals surface area contributed by atoms with Crippen LogP contribution in [0.25, 0.3) is 0 Å². The van der Waals surface area contributed by atoms with E-state index >= 15 is 0 Å². The molecule has 2 nitrogen and oxygen atoms in total. The molecule has 2 heteroatoms. The summed E-state index contributed by atoms with van der Waals surface area (Å²) in [6.45, 7) is 12.7. The number of carbonyl (C=O) groups is 1. The Labute approximate surface area is 183 Å². The van der Waals surface area contributed by atoms with Crippen molar-refractivity contribution in [2.45, 2.75) is 144 Å². The summed E-state index contributed by atoms with van der Waals surface area (Å²) >= 11 is 0. The highest BCUT2D eigenvalue weighted by Gasteiger charge is 2.41. The van der Waals surface area contributed by atoms with Crippen molar-refractivity contribution in [3.05, 3.63) is 12.2 Å². The lowest BCUT2D eigenvalue weighted by atomic mass is 9.70. The molecule has 0 radical (unpaired) electrons. The maximum Gasteiger partial charge on any atom is 0.312 e. The zero-order chi connectivity index (χ0) is 22.0. The van der Waals surface area contributed by atoms with Crippen LogP contribution in [0.2, 0.25) is 0 Å². The van der Waals surface area contributed by atoms with E-state index in [1.165, 1.54) is 70.6 Å². The van der Waals surface area contributed by atoms with Gasteiger partial charge in [0.25, 0.3) is 0 Å². The van der Waals surface area contributed by atoms with Crippen LogP contribution in [-0.4, -0.2) is 12.1 Å². The molecule has 0 aromatic rings.